The molecule has 1 aliphatic rings. The maximum atomic E-state index is 13.4. The largest absolute Gasteiger partial charge is 0.493 e. The predicted molar refractivity (Wildman–Crippen MR) is 114 cm³/mol. The summed E-state index contributed by atoms with van der Waals surface area (Å²) in [7, 11) is 5.62. The number of likely N-dealkylation sites (tertiary alicyclic amines) is 1. The zero-order chi connectivity index (χ0) is 21.4. The molecule has 0 aliphatic carbocycles. The lowest BCUT2D eigenvalue weighted by atomic mass is 9.96. The highest BCUT2D eigenvalue weighted by Crippen LogP contribution is 2.33. The molecule has 0 bridgehead atoms. The fourth-order valence-corrected chi connectivity index (χ4v) is 4.19. The molecule has 4 heterocycles. The highest BCUT2D eigenvalue weighted by molar-refractivity contribution is 5.96. The van der Waals surface area contributed by atoms with Crippen molar-refractivity contribution in [3.8, 4) is 17.0 Å². The fourth-order valence-electron chi connectivity index (χ4n) is 4.19. The van der Waals surface area contributed by atoms with E-state index in [0.717, 1.165) is 42.8 Å². The Hall–Kier alpha value is -2.94. The van der Waals surface area contributed by atoms with Crippen LogP contribution in [0.5, 0.6) is 5.75 Å². The van der Waals surface area contributed by atoms with Gasteiger partial charge in [0.15, 0.2) is 17.1 Å². The molecule has 9 nitrogen and oxygen atoms in total. The van der Waals surface area contributed by atoms with Crippen LogP contribution in [0.1, 0.15) is 48.7 Å². The lowest BCUT2D eigenvalue weighted by molar-refractivity contribution is 0.0652. The smallest absolute Gasteiger partial charge is 0.274 e. The van der Waals surface area contributed by atoms with E-state index in [4.69, 9.17) is 4.74 Å². The van der Waals surface area contributed by atoms with Crippen LogP contribution in [0.15, 0.2) is 18.6 Å². The number of ether oxygens (including phenoxy) is 1. The van der Waals surface area contributed by atoms with E-state index in [1.165, 1.54) is 6.33 Å². The topological polar surface area (TPSA) is 91.7 Å². The molecule has 1 saturated heterocycles. The number of hydrogen-bond donors (Lipinski definition) is 1. The molecule has 3 aromatic heterocycles. The van der Waals surface area contributed by atoms with E-state index in [2.05, 4.69) is 46.1 Å². The first-order chi connectivity index (χ1) is 14.4. The van der Waals surface area contributed by atoms with Gasteiger partial charge in [0.05, 0.1) is 12.8 Å². The van der Waals surface area contributed by atoms with Crippen LogP contribution in [0.2, 0.25) is 0 Å². The van der Waals surface area contributed by atoms with Gasteiger partial charge < -0.3 is 14.5 Å². The van der Waals surface area contributed by atoms with E-state index >= 15 is 0 Å². The molecule has 3 aromatic rings. The fraction of sp³-hybridized carbons (Fsp3) is 0.524. The van der Waals surface area contributed by atoms with Gasteiger partial charge >= 0.3 is 0 Å². The zero-order valence-corrected chi connectivity index (χ0v) is 18.2. The molecule has 1 amide bonds. The van der Waals surface area contributed by atoms with Gasteiger partial charge in [0.1, 0.15) is 6.33 Å². The van der Waals surface area contributed by atoms with Crippen molar-refractivity contribution in [2.24, 2.45) is 0 Å². The number of aromatic amines is 1. The van der Waals surface area contributed by atoms with Crippen LogP contribution in [0.4, 0.5) is 0 Å². The first kappa shape index (κ1) is 20.3. The normalized spacial score (nSPS) is 15.8. The second kappa shape index (κ2) is 8.06. The summed E-state index contributed by atoms with van der Waals surface area (Å²) >= 11 is 0. The summed E-state index contributed by atoms with van der Waals surface area (Å²) < 4.78 is 7.16. The Bertz CT molecular complexity index is 1050. The molecular weight excluding hydrogens is 382 g/mol. The summed E-state index contributed by atoms with van der Waals surface area (Å²) in [6.45, 7) is 6.16. The van der Waals surface area contributed by atoms with E-state index in [9.17, 15) is 4.79 Å². The lowest BCUT2D eigenvalue weighted by Gasteiger charge is -2.35. The summed E-state index contributed by atoms with van der Waals surface area (Å²) in [5.74, 6) is 0.691. The third-order valence-electron chi connectivity index (χ3n) is 5.99. The van der Waals surface area contributed by atoms with Crippen LogP contribution >= 0.6 is 0 Å². The van der Waals surface area contributed by atoms with Gasteiger partial charge in [-0.1, -0.05) is 13.8 Å². The number of piperidine rings is 1. The Balaban J connectivity index is 1.71. The van der Waals surface area contributed by atoms with E-state index in [1.54, 1.807) is 11.6 Å². The summed E-state index contributed by atoms with van der Waals surface area (Å²) in [6, 6.07) is 2.14. The van der Waals surface area contributed by atoms with Crippen LogP contribution < -0.4 is 4.74 Å². The van der Waals surface area contributed by atoms with Crippen molar-refractivity contribution in [3.05, 3.63) is 29.8 Å². The molecule has 0 atom stereocenters. The number of rotatable bonds is 5. The monoisotopic (exact) mass is 411 g/mol. The Morgan fingerprint density at radius 2 is 2.07 bits per heavy atom. The molecular formula is C21H29N7O2. The molecule has 0 saturated carbocycles. The quantitative estimate of drug-likeness (QED) is 0.693. The number of carbonyl (C=O) groups is 1. The van der Waals surface area contributed by atoms with Crippen molar-refractivity contribution in [2.75, 3.05) is 34.3 Å². The average molecular weight is 412 g/mol. The molecule has 1 aliphatic heterocycles. The molecule has 0 aromatic carbocycles. The first-order valence-electron chi connectivity index (χ1n) is 10.3. The van der Waals surface area contributed by atoms with E-state index < -0.39 is 0 Å². The molecule has 1 fully saturated rings. The van der Waals surface area contributed by atoms with Crippen LogP contribution in [0.25, 0.3) is 16.9 Å². The second-order valence-electron chi connectivity index (χ2n) is 8.29. The number of fused-ring (bicyclic) bond motifs is 1. The number of hydrogen-bond acceptors (Lipinski definition) is 6. The number of nitrogens with one attached hydrogen (secondary N) is 1. The minimum atomic E-state index is -0.0375. The Labute approximate surface area is 176 Å². The zero-order valence-electron chi connectivity index (χ0n) is 18.2. The second-order valence-corrected chi connectivity index (χ2v) is 8.29. The van der Waals surface area contributed by atoms with Crippen molar-refractivity contribution in [1.29, 1.82) is 0 Å². The molecule has 0 radical (unpaired) electrons. The lowest BCUT2D eigenvalue weighted by Crippen LogP contribution is -2.44. The number of amides is 1. The van der Waals surface area contributed by atoms with Crippen LogP contribution in [-0.2, 0) is 0 Å². The highest BCUT2D eigenvalue weighted by Gasteiger charge is 2.30. The van der Waals surface area contributed by atoms with Gasteiger partial charge in [-0.05, 0) is 45.0 Å². The maximum absolute atomic E-state index is 13.4. The van der Waals surface area contributed by atoms with Gasteiger partial charge in [0.2, 0.25) is 0 Å². The number of pyridine rings is 1. The van der Waals surface area contributed by atoms with Gasteiger partial charge in [-0.3, -0.25) is 9.89 Å². The minimum Gasteiger partial charge on any atom is -0.493 e. The Morgan fingerprint density at radius 1 is 1.33 bits per heavy atom. The average Bonchev–Trinajstić information content (AvgIpc) is 3.39. The van der Waals surface area contributed by atoms with Crippen molar-refractivity contribution >= 4 is 11.6 Å². The van der Waals surface area contributed by atoms with Crippen LogP contribution in [-0.4, -0.2) is 80.8 Å². The van der Waals surface area contributed by atoms with Crippen LogP contribution in [0.3, 0.4) is 0 Å². The molecule has 30 heavy (non-hydrogen) atoms. The van der Waals surface area contributed by atoms with Gasteiger partial charge in [0.25, 0.3) is 5.91 Å². The molecule has 4 rings (SSSR count). The van der Waals surface area contributed by atoms with Crippen molar-refractivity contribution in [1.82, 2.24) is 34.6 Å². The van der Waals surface area contributed by atoms with Crippen LogP contribution in [0, 0.1) is 0 Å². The van der Waals surface area contributed by atoms with E-state index in [1.807, 2.05) is 24.2 Å². The van der Waals surface area contributed by atoms with E-state index in [0.29, 0.717) is 17.1 Å². The first-order valence-corrected chi connectivity index (χ1v) is 10.3. The van der Waals surface area contributed by atoms with Crippen molar-refractivity contribution in [3.63, 3.8) is 0 Å². The number of aromatic nitrogens is 5. The molecule has 0 unspecified atom stereocenters. The summed E-state index contributed by atoms with van der Waals surface area (Å²) in [4.78, 5) is 21.8. The number of carbonyl (C=O) groups excluding carboxylic acids is 1. The third kappa shape index (κ3) is 3.54. The van der Waals surface area contributed by atoms with Crippen molar-refractivity contribution < 1.29 is 9.53 Å². The van der Waals surface area contributed by atoms with Gasteiger partial charge in [0, 0.05) is 30.4 Å². The SMILES string of the molecule is COc1cc(-c2[nH]nc(C(=O)N(C)C3CCN(C)CC3)c2C(C)C)cn2ncnc12. The highest BCUT2D eigenvalue weighted by atomic mass is 16.5. The summed E-state index contributed by atoms with van der Waals surface area (Å²) in [6.07, 6.45) is 5.32. The Morgan fingerprint density at radius 3 is 2.73 bits per heavy atom. The number of methoxy groups -OCH3 is 1. The number of H-pyrrole nitrogens is 1. The third-order valence-corrected chi connectivity index (χ3v) is 5.99. The molecule has 160 valence electrons. The van der Waals surface area contributed by atoms with Gasteiger partial charge in [-0.15, -0.1) is 0 Å². The van der Waals surface area contributed by atoms with Gasteiger partial charge in [-0.25, -0.2) is 9.50 Å². The summed E-state index contributed by atoms with van der Waals surface area (Å²) in [5, 5.41) is 11.8. The molecule has 0 spiro atoms. The predicted octanol–water partition coefficient (Wildman–Crippen LogP) is 2.42. The minimum absolute atomic E-state index is 0.0375. The Kier molecular flexibility index (Phi) is 5.46. The van der Waals surface area contributed by atoms with E-state index in [-0.39, 0.29) is 17.9 Å². The van der Waals surface area contributed by atoms with Crippen molar-refractivity contribution in [2.45, 2.75) is 38.6 Å². The van der Waals surface area contributed by atoms with Gasteiger partial charge in [-0.2, -0.15) is 10.2 Å². The summed E-state index contributed by atoms with van der Waals surface area (Å²) in [5.41, 5.74) is 3.69. The number of nitrogens with zero attached hydrogens (tertiary/aromatic N) is 6. The molecule has 1 N–H and O–H groups in total. The maximum Gasteiger partial charge on any atom is 0.274 e. The standard InChI is InChI=1S/C21H29N7O2/c1-13(2)17-18(14-10-16(30-5)20-22-12-23-28(20)11-14)24-25-19(17)21(29)27(4)15-6-8-26(3)9-7-15/h10-13,15H,6-9H2,1-5H3,(H,24,25). The molecule has 9 heteroatoms.